The maximum Gasteiger partial charge on any atom is 0.220 e. The van der Waals surface area contributed by atoms with E-state index in [0.717, 1.165) is 38.6 Å². The van der Waals surface area contributed by atoms with Gasteiger partial charge >= 0.3 is 0 Å². The molecule has 4 heteroatoms. The fourth-order valence-corrected chi connectivity index (χ4v) is 2.40. The van der Waals surface area contributed by atoms with Crippen LogP contribution in [0.2, 0.25) is 0 Å². The van der Waals surface area contributed by atoms with E-state index < -0.39 is 0 Å². The minimum atomic E-state index is -0.270. The lowest BCUT2D eigenvalue weighted by atomic mass is 9.73. The Morgan fingerprint density at radius 1 is 1.47 bits per heavy atom. The zero-order chi connectivity index (χ0) is 12.7. The van der Waals surface area contributed by atoms with Gasteiger partial charge in [-0.2, -0.15) is 0 Å². The lowest BCUT2D eigenvalue weighted by Gasteiger charge is -2.38. The van der Waals surface area contributed by atoms with Crippen LogP contribution >= 0.6 is 0 Å². The van der Waals surface area contributed by atoms with E-state index in [9.17, 15) is 9.90 Å². The second-order valence-electron chi connectivity index (χ2n) is 5.40. The average molecular weight is 242 g/mol. The molecule has 1 fully saturated rings. The van der Waals surface area contributed by atoms with Crippen LogP contribution in [-0.2, 0) is 4.79 Å². The highest BCUT2D eigenvalue weighted by molar-refractivity contribution is 5.75. The molecule has 2 atom stereocenters. The molecule has 100 valence electrons. The molecule has 3 N–H and O–H groups in total. The van der Waals surface area contributed by atoms with E-state index in [4.69, 9.17) is 0 Å². The summed E-state index contributed by atoms with van der Waals surface area (Å²) >= 11 is 0. The molecule has 0 saturated heterocycles. The van der Waals surface area contributed by atoms with Crippen molar-refractivity contribution in [2.45, 2.75) is 51.6 Å². The van der Waals surface area contributed by atoms with Crippen molar-refractivity contribution < 1.29 is 9.90 Å². The van der Waals surface area contributed by atoms with E-state index in [0.29, 0.717) is 13.0 Å². The molecule has 0 aromatic heterocycles. The van der Waals surface area contributed by atoms with Gasteiger partial charge < -0.3 is 15.7 Å². The van der Waals surface area contributed by atoms with Gasteiger partial charge in [0.2, 0.25) is 5.91 Å². The van der Waals surface area contributed by atoms with Crippen LogP contribution in [0.3, 0.4) is 0 Å². The highest BCUT2D eigenvalue weighted by atomic mass is 16.3. The molecule has 0 spiro atoms. The van der Waals surface area contributed by atoms with Gasteiger partial charge in [-0.05, 0) is 32.9 Å². The van der Waals surface area contributed by atoms with Gasteiger partial charge in [-0.25, -0.2) is 0 Å². The second kappa shape index (κ2) is 6.97. The van der Waals surface area contributed by atoms with E-state index in [1.54, 1.807) is 0 Å². The van der Waals surface area contributed by atoms with Crippen molar-refractivity contribution >= 4 is 5.91 Å². The molecule has 0 aromatic carbocycles. The zero-order valence-corrected chi connectivity index (χ0v) is 11.1. The summed E-state index contributed by atoms with van der Waals surface area (Å²) in [6.07, 6.45) is 5.29. The van der Waals surface area contributed by atoms with Crippen LogP contribution in [-0.4, -0.2) is 37.3 Å². The van der Waals surface area contributed by atoms with E-state index in [1.807, 2.05) is 7.05 Å². The summed E-state index contributed by atoms with van der Waals surface area (Å²) in [5.74, 6) is 0.0965. The van der Waals surface area contributed by atoms with Crippen molar-refractivity contribution in [1.29, 1.82) is 0 Å². The molecule has 4 nitrogen and oxygen atoms in total. The zero-order valence-electron chi connectivity index (χ0n) is 11.1. The summed E-state index contributed by atoms with van der Waals surface area (Å²) in [4.78, 5) is 11.6. The van der Waals surface area contributed by atoms with Crippen molar-refractivity contribution in [1.82, 2.24) is 10.6 Å². The summed E-state index contributed by atoms with van der Waals surface area (Å²) in [6, 6.07) is 0. The van der Waals surface area contributed by atoms with Gasteiger partial charge in [-0.15, -0.1) is 0 Å². The van der Waals surface area contributed by atoms with Crippen LogP contribution in [0, 0.1) is 5.41 Å². The molecule has 1 aliphatic carbocycles. The molecule has 2 unspecified atom stereocenters. The lowest BCUT2D eigenvalue weighted by molar-refractivity contribution is -0.122. The molecule has 0 radical (unpaired) electrons. The third-order valence-electron chi connectivity index (χ3n) is 3.80. The quantitative estimate of drug-likeness (QED) is 0.610. The van der Waals surface area contributed by atoms with E-state index in [2.05, 4.69) is 17.6 Å². The topological polar surface area (TPSA) is 61.4 Å². The van der Waals surface area contributed by atoms with Crippen molar-refractivity contribution in [3.63, 3.8) is 0 Å². The van der Waals surface area contributed by atoms with E-state index >= 15 is 0 Å². The number of aliphatic hydroxyl groups is 1. The Hall–Kier alpha value is -0.610. The van der Waals surface area contributed by atoms with E-state index in [-0.39, 0.29) is 17.4 Å². The normalized spacial score (nSPS) is 29.0. The first-order chi connectivity index (χ1) is 8.08. The highest BCUT2D eigenvalue weighted by Crippen LogP contribution is 2.35. The molecule has 1 amide bonds. The van der Waals surface area contributed by atoms with Crippen molar-refractivity contribution in [2.75, 3.05) is 20.1 Å². The lowest BCUT2D eigenvalue weighted by Crippen LogP contribution is -2.45. The minimum absolute atomic E-state index is 0.0965. The van der Waals surface area contributed by atoms with Gasteiger partial charge in [0.25, 0.3) is 0 Å². The maximum absolute atomic E-state index is 11.6. The highest BCUT2D eigenvalue weighted by Gasteiger charge is 2.35. The Balaban J connectivity index is 2.26. The molecule has 0 aliphatic heterocycles. The number of aliphatic hydroxyl groups excluding tert-OH is 1. The van der Waals surface area contributed by atoms with E-state index in [1.165, 1.54) is 0 Å². The summed E-state index contributed by atoms with van der Waals surface area (Å²) < 4.78 is 0. The maximum atomic E-state index is 11.6. The Kier molecular flexibility index (Phi) is 5.92. The molecule has 1 rings (SSSR count). The van der Waals surface area contributed by atoms with Crippen molar-refractivity contribution in [3.8, 4) is 0 Å². The van der Waals surface area contributed by atoms with Gasteiger partial charge in [0, 0.05) is 18.4 Å². The first kappa shape index (κ1) is 14.5. The standard InChI is InChI=1S/C13H26N2O2/c1-13(8-4-3-6-11(13)16)10-15-12(17)7-5-9-14-2/h11,14,16H,3-10H2,1-2H3,(H,15,17). The largest absolute Gasteiger partial charge is 0.392 e. The van der Waals surface area contributed by atoms with Gasteiger partial charge in [0.05, 0.1) is 6.10 Å². The third kappa shape index (κ3) is 4.64. The number of amides is 1. The molecule has 1 aliphatic rings. The number of hydrogen-bond donors (Lipinski definition) is 3. The smallest absolute Gasteiger partial charge is 0.220 e. The average Bonchev–Trinajstić information content (AvgIpc) is 2.31. The first-order valence-corrected chi connectivity index (χ1v) is 6.68. The fourth-order valence-electron chi connectivity index (χ4n) is 2.40. The Morgan fingerprint density at radius 3 is 2.88 bits per heavy atom. The Morgan fingerprint density at radius 2 is 2.24 bits per heavy atom. The summed E-state index contributed by atoms with van der Waals surface area (Å²) in [5.41, 5.74) is -0.128. The van der Waals surface area contributed by atoms with Gasteiger partial charge in [0.15, 0.2) is 0 Å². The molecule has 0 bridgehead atoms. The number of carbonyl (C=O) groups excluding carboxylic acids is 1. The molecular formula is C13H26N2O2. The van der Waals surface area contributed by atoms with Crippen molar-refractivity contribution in [3.05, 3.63) is 0 Å². The minimum Gasteiger partial charge on any atom is -0.392 e. The second-order valence-corrected chi connectivity index (χ2v) is 5.40. The molecule has 1 saturated carbocycles. The van der Waals surface area contributed by atoms with Crippen LogP contribution in [0.25, 0.3) is 0 Å². The molecule has 0 aromatic rings. The summed E-state index contributed by atoms with van der Waals surface area (Å²) in [7, 11) is 1.89. The van der Waals surface area contributed by atoms with Crippen LogP contribution in [0.4, 0.5) is 0 Å². The van der Waals surface area contributed by atoms with Crippen molar-refractivity contribution in [2.24, 2.45) is 5.41 Å². The Labute approximate surface area is 104 Å². The number of rotatable bonds is 6. The van der Waals surface area contributed by atoms with Crippen LogP contribution < -0.4 is 10.6 Å². The van der Waals surface area contributed by atoms with Gasteiger partial charge in [0.1, 0.15) is 0 Å². The summed E-state index contributed by atoms with van der Waals surface area (Å²) in [5, 5.41) is 16.0. The van der Waals surface area contributed by atoms with Crippen LogP contribution in [0.1, 0.15) is 45.4 Å². The number of nitrogens with one attached hydrogen (secondary N) is 2. The monoisotopic (exact) mass is 242 g/mol. The SMILES string of the molecule is CNCCCC(=O)NCC1(C)CCCCC1O. The molecule has 0 heterocycles. The van der Waals surface area contributed by atoms with Gasteiger partial charge in [-0.3, -0.25) is 4.79 Å². The predicted octanol–water partition coefficient (Wildman–Crippen LogP) is 1.04. The Bertz CT molecular complexity index is 246. The number of carbonyl (C=O) groups is 1. The fraction of sp³-hybridized carbons (Fsp3) is 0.923. The first-order valence-electron chi connectivity index (χ1n) is 6.68. The number of hydrogen-bond acceptors (Lipinski definition) is 3. The van der Waals surface area contributed by atoms with Crippen LogP contribution in [0.5, 0.6) is 0 Å². The third-order valence-corrected chi connectivity index (χ3v) is 3.80. The summed E-state index contributed by atoms with van der Waals surface area (Å²) in [6.45, 7) is 3.55. The van der Waals surface area contributed by atoms with Gasteiger partial charge in [-0.1, -0.05) is 19.8 Å². The molecular weight excluding hydrogens is 216 g/mol. The predicted molar refractivity (Wildman–Crippen MR) is 68.8 cm³/mol. The molecule has 17 heavy (non-hydrogen) atoms. The van der Waals surface area contributed by atoms with Crippen LogP contribution in [0.15, 0.2) is 0 Å².